The van der Waals surface area contributed by atoms with Crippen LogP contribution >= 0.6 is 23.5 Å². The number of aliphatic imine (C=N–C) groups is 2. The summed E-state index contributed by atoms with van der Waals surface area (Å²) in [6, 6.07) is 0. The molecule has 0 aliphatic rings. The maximum Gasteiger partial charge on any atom is 0.242 e. The highest BCUT2D eigenvalue weighted by atomic mass is 35.5. The fourth-order valence-corrected chi connectivity index (χ4v) is 3.82. The quantitative estimate of drug-likeness (QED) is 0.170. The molecular weight excluding hydrogens is 504 g/mol. The lowest BCUT2D eigenvalue weighted by Gasteiger charge is -2.23. The first-order chi connectivity index (χ1) is 17.2. The SMILES string of the molecule is CN=CN=C(OC)/C(=C/OC)n1c(CCC(C)(C)OC)nnc1NSC(C)C(C)c1ncc(Cl)cn1. The second-order valence-corrected chi connectivity index (χ2v) is 10.1. The molecule has 0 amide bonds. The molecule has 2 heterocycles. The van der Waals surface area contributed by atoms with Crippen LogP contribution in [0.2, 0.25) is 5.02 Å². The summed E-state index contributed by atoms with van der Waals surface area (Å²) in [4.78, 5) is 16.9. The van der Waals surface area contributed by atoms with Crippen LogP contribution in [-0.2, 0) is 20.6 Å². The average molecular weight is 539 g/mol. The summed E-state index contributed by atoms with van der Waals surface area (Å²) in [5.74, 6) is 2.22. The highest BCUT2D eigenvalue weighted by molar-refractivity contribution is 8.01. The monoisotopic (exact) mass is 538 g/mol. The molecule has 2 unspecified atom stereocenters. The van der Waals surface area contributed by atoms with Crippen LogP contribution in [0.5, 0.6) is 0 Å². The first-order valence-corrected chi connectivity index (χ1v) is 12.6. The normalized spacial score (nSPS) is 14.7. The van der Waals surface area contributed by atoms with E-state index in [4.69, 9.17) is 25.8 Å². The maximum atomic E-state index is 5.93. The molecule has 2 rings (SSSR count). The molecule has 0 saturated carbocycles. The van der Waals surface area contributed by atoms with E-state index in [1.165, 1.54) is 31.7 Å². The molecule has 0 bridgehead atoms. The molecule has 1 N–H and O–H groups in total. The molecular formula is C23H35ClN8O3S. The van der Waals surface area contributed by atoms with E-state index in [1.807, 2.05) is 18.4 Å². The fraction of sp³-hybridized carbons (Fsp3) is 0.565. The Hall–Kier alpha value is -2.70. The Morgan fingerprint density at radius 1 is 1.22 bits per heavy atom. The van der Waals surface area contributed by atoms with E-state index in [9.17, 15) is 0 Å². The lowest BCUT2D eigenvalue weighted by Crippen LogP contribution is -2.24. The molecule has 0 aromatic carbocycles. The zero-order valence-corrected chi connectivity index (χ0v) is 23.6. The van der Waals surface area contributed by atoms with E-state index < -0.39 is 0 Å². The minimum Gasteiger partial charge on any atom is -0.502 e. The zero-order chi connectivity index (χ0) is 26.7. The van der Waals surface area contributed by atoms with Crippen LogP contribution in [0.1, 0.15) is 51.7 Å². The van der Waals surface area contributed by atoms with Gasteiger partial charge in [0.15, 0.2) is 0 Å². The third kappa shape index (κ3) is 8.17. The van der Waals surface area contributed by atoms with Gasteiger partial charge < -0.3 is 14.2 Å². The highest BCUT2D eigenvalue weighted by Crippen LogP contribution is 2.29. The average Bonchev–Trinajstić information content (AvgIpc) is 3.28. The van der Waals surface area contributed by atoms with Crippen molar-refractivity contribution in [3.05, 3.63) is 35.3 Å². The summed E-state index contributed by atoms with van der Waals surface area (Å²) in [7, 11) is 6.40. The predicted octanol–water partition coefficient (Wildman–Crippen LogP) is 4.48. The van der Waals surface area contributed by atoms with Crippen molar-refractivity contribution in [2.45, 2.75) is 57.3 Å². The Balaban J connectivity index is 2.39. The molecule has 2 aromatic rings. The van der Waals surface area contributed by atoms with Crippen molar-refractivity contribution in [2.24, 2.45) is 9.98 Å². The number of ether oxygens (including phenoxy) is 3. The minimum atomic E-state index is -0.334. The van der Waals surface area contributed by atoms with Gasteiger partial charge in [-0.15, -0.1) is 10.2 Å². The number of methoxy groups -OCH3 is 3. The predicted molar refractivity (Wildman–Crippen MR) is 146 cm³/mol. The molecule has 11 nitrogen and oxygen atoms in total. The van der Waals surface area contributed by atoms with Gasteiger partial charge in [-0.25, -0.2) is 15.0 Å². The number of aromatic nitrogens is 5. The van der Waals surface area contributed by atoms with Crippen LogP contribution in [0.4, 0.5) is 5.95 Å². The van der Waals surface area contributed by atoms with Crippen LogP contribution < -0.4 is 4.72 Å². The van der Waals surface area contributed by atoms with Crippen LogP contribution in [0.25, 0.3) is 5.70 Å². The van der Waals surface area contributed by atoms with Crippen molar-refractivity contribution in [1.82, 2.24) is 24.7 Å². The van der Waals surface area contributed by atoms with Gasteiger partial charge in [-0.05, 0) is 32.2 Å². The number of hydrogen-bond acceptors (Lipinski definition) is 10. The van der Waals surface area contributed by atoms with E-state index in [0.717, 1.165) is 0 Å². The van der Waals surface area contributed by atoms with Crippen LogP contribution in [-0.4, -0.2) is 76.2 Å². The Morgan fingerprint density at radius 2 is 1.92 bits per heavy atom. The molecule has 0 spiro atoms. The molecule has 36 heavy (non-hydrogen) atoms. The van der Waals surface area contributed by atoms with Gasteiger partial charge in [-0.2, -0.15) is 0 Å². The third-order valence-corrected chi connectivity index (χ3v) is 6.77. The standard InChI is InChI=1S/C23H35ClN8O3S/c1-15(20-26-11-17(24)12-27-20)16(2)36-31-22-30-29-19(9-10-23(3,4)35-8)32(22)18(13-33-6)21(34-7)28-14-25-5/h11-16H,9-10H2,1-8H3,(H,30,31)/b18-13-,25-14?,28-21?. The zero-order valence-electron chi connectivity index (χ0n) is 22.0. The summed E-state index contributed by atoms with van der Waals surface area (Å²) in [6.07, 6.45) is 7.43. The number of nitrogens with one attached hydrogen (secondary N) is 1. The molecule has 2 aromatic heterocycles. The topological polar surface area (TPSA) is 121 Å². The maximum absolute atomic E-state index is 5.93. The van der Waals surface area contributed by atoms with E-state index >= 15 is 0 Å². The summed E-state index contributed by atoms with van der Waals surface area (Å²) in [5, 5.41) is 9.45. The molecule has 13 heteroatoms. The lowest BCUT2D eigenvalue weighted by molar-refractivity contribution is 0.0153. The molecule has 0 aliphatic heterocycles. The second kappa shape index (κ2) is 14.1. The molecule has 0 aliphatic carbocycles. The van der Waals surface area contributed by atoms with Crippen molar-refractivity contribution >= 4 is 47.4 Å². The van der Waals surface area contributed by atoms with Gasteiger partial charge in [0.1, 0.15) is 29.9 Å². The minimum absolute atomic E-state index is 0.0453. The van der Waals surface area contributed by atoms with E-state index in [0.29, 0.717) is 47.1 Å². The number of hydrogen-bond donors (Lipinski definition) is 1. The summed E-state index contributed by atoms with van der Waals surface area (Å²) >= 11 is 7.41. The largest absolute Gasteiger partial charge is 0.502 e. The van der Waals surface area contributed by atoms with Crippen molar-refractivity contribution < 1.29 is 14.2 Å². The van der Waals surface area contributed by atoms with Gasteiger partial charge in [0, 0.05) is 44.1 Å². The van der Waals surface area contributed by atoms with Gasteiger partial charge in [0.2, 0.25) is 11.8 Å². The third-order valence-electron chi connectivity index (χ3n) is 5.49. The van der Waals surface area contributed by atoms with Crippen molar-refractivity contribution in [3.8, 4) is 0 Å². The van der Waals surface area contributed by atoms with Gasteiger partial charge in [0.05, 0.1) is 24.8 Å². The molecule has 0 radical (unpaired) electrons. The Labute approximate surface area is 222 Å². The van der Waals surface area contributed by atoms with Crippen LogP contribution in [0, 0.1) is 0 Å². The van der Waals surface area contributed by atoms with Crippen molar-refractivity contribution in [2.75, 3.05) is 33.1 Å². The number of aryl methyl sites for hydroxylation is 1. The Kier molecular flexibility index (Phi) is 11.6. The first kappa shape index (κ1) is 29.5. The lowest BCUT2D eigenvalue weighted by atomic mass is 10.0. The summed E-state index contributed by atoms with van der Waals surface area (Å²) in [6.45, 7) is 8.18. The van der Waals surface area contributed by atoms with E-state index in [1.54, 1.807) is 33.7 Å². The van der Waals surface area contributed by atoms with Crippen molar-refractivity contribution in [1.29, 1.82) is 0 Å². The highest BCUT2D eigenvalue weighted by Gasteiger charge is 2.25. The second-order valence-electron chi connectivity index (χ2n) is 8.46. The number of nitrogens with zero attached hydrogens (tertiary/aromatic N) is 7. The Bertz CT molecular complexity index is 1060. The fourth-order valence-electron chi connectivity index (χ4n) is 2.97. The molecule has 0 saturated heterocycles. The van der Waals surface area contributed by atoms with Gasteiger partial charge in [-0.3, -0.25) is 14.3 Å². The van der Waals surface area contributed by atoms with E-state index in [2.05, 4.69) is 48.7 Å². The molecule has 0 fully saturated rings. The van der Waals surface area contributed by atoms with Gasteiger partial charge in [0.25, 0.3) is 0 Å². The number of rotatable bonds is 13. The van der Waals surface area contributed by atoms with Gasteiger partial charge in [-0.1, -0.05) is 25.4 Å². The summed E-state index contributed by atoms with van der Waals surface area (Å²) < 4.78 is 21.7. The number of halogens is 1. The van der Waals surface area contributed by atoms with Crippen molar-refractivity contribution in [3.63, 3.8) is 0 Å². The van der Waals surface area contributed by atoms with Crippen LogP contribution in [0.3, 0.4) is 0 Å². The van der Waals surface area contributed by atoms with Crippen LogP contribution in [0.15, 0.2) is 28.6 Å². The number of anilines is 1. The summed E-state index contributed by atoms with van der Waals surface area (Å²) in [5.41, 5.74) is 0.180. The van der Waals surface area contributed by atoms with E-state index in [-0.39, 0.29) is 16.8 Å². The molecule has 198 valence electrons. The first-order valence-electron chi connectivity index (χ1n) is 11.3. The smallest absolute Gasteiger partial charge is 0.242 e. The van der Waals surface area contributed by atoms with Gasteiger partial charge >= 0.3 is 0 Å². The molecule has 2 atom stereocenters. The Morgan fingerprint density at radius 3 is 2.50 bits per heavy atom.